The highest BCUT2D eigenvalue weighted by Gasteiger charge is 2.19. The van der Waals surface area contributed by atoms with Crippen LogP contribution in [0, 0.1) is 11.7 Å². The van der Waals surface area contributed by atoms with Crippen LogP contribution < -0.4 is 5.32 Å². The van der Waals surface area contributed by atoms with Crippen LogP contribution in [0.25, 0.3) is 5.69 Å². The molecule has 0 spiro atoms. The molecule has 1 aromatic carbocycles. The van der Waals surface area contributed by atoms with Gasteiger partial charge in [0.1, 0.15) is 5.82 Å². The van der Waals surface area contributed by atoms with Gasteiger partial charge in [-0.2, -0.15) is 5.10 Å². The molecule has 0 aliphatic carbocycles. The molecule has 0 fully saturated rings. The van der Waals surface area contributed by atoms with Gasteiger partial charge in [-0.25, -0.2) is 9.07 Å². The average Bonchev–Trinajstić information content (AvgIpc) is 2.96. The molecule has 1 amide bonds. The number of aliphatic carboxylic acids is 1. The molecule has 122 valence electrons. The van der Waals surface area contributed by atoms with Gasteiger partial charge in [-0.3, -0.25) is 9.59 Å². The zero-order valence-electron chi connectivity index (χ0n) is 12.9. The van der Waals surface area contributed by atoms with E-state index in [9.17, 15) is 14.0 Å². The fourth-order valence-corrected chi connectivity index (χ4v) is 2.14. The highest BCUT2D eigenvalue weighted by molar-refractivity contribution is 5.95. The molecule has 2 rings (SSSR count). The Morgan fingerprint density at radius 3 is 2.57 bits per heavy atom. The van der Waals surface area contributed by atoms with E-state index in [2.05, 4.69) is 10.4 Å². The third-order valence-electron chi connectivity index (χ3n) is 3.51. The summed E-state index contributed by atoms with van der Waals surface area (Å²) in [6, 6.07) is 5.81. The maximum atomic E-state index is 13.0. The number of carbonyl (C=O) groups is 2. The smallest absolute Gasteiger partial charge is 0.308 e. The number of nitrogens with zero attached hydrogens (tertiary/aromatic N) is 2. The number of benzene rings is 1. The fraction of sp³-hybridized carbons (Fsp3) is 0.312. The van der Waals surface area contributed by atoms with Gasteiger partial charge in [0.15, 0.2) is 0 Å². The summed E-state index contributed by atoms with van der Waals surface area (Å²) in [5, 5.41) is 15.6. The Kier molecular flexibility index (Phi) is 5.10. The summed E-state index contributed by atoms with van der Waals surface area (Å²) in [7, 11) is 0. The van der Waals surface area contributed by atoms with Gasteiger partial charge in [0.25, 0.3) is 5.91 Å². The summed E-state index contributed by atoms with van der Waals surface area (Å²) in [6.45, 7) is 3.44. The minimum atomic E-state index is -0.969. The molecule has 7 heteroatoms. The molecule has 0 aliphatic heterocycles. The summed E-state index contributed by atoms with van der Waals surface area (Å²) in [5.41, 5.74) is 1.72. The van der Waals surface area contributed by atoms with Gasteiger partial charge >= 0.3 is 5.97 Å². The second-order valence-corrected chi connectivity index (χ2v) is 5.20. The van der Waals surface area contributed by atoms with E-state index < -0.39 is 11.9 Å². The van der Waals surface area contributed by atoms with Gasteiger partial charge in [0, 0.05) is 6.54 Å². The number of hydrogen-bond donors (Lipinski definition) is 2. The van der Waals surface area contributed by atoms with Crippen molar-refractivity contribution >= 4 is 11.9 Å². The van der Waals surface area contributed by atoms with Crippen LogP contribution in [0.1, 0.15) is 29.9 Å². The largest absolute Gasteiger partial charge is 0.481 e. The van der Waals surface area contributed by atoms with Gasteiger partial charge < -0.3 is 10.4 Å². The van der Waals surface area contributed by atoms with Crippen LogP contribution in [-0.4, -0.2) is 33.3 Å². The van der Waals surface area contributed by atoms with E-state index in [1.807, 2.05) is 6.92 Å². The average molecular weight is 319 g/mol. The zero-order chi connectivity index (χ0) is 17.0. The van der Waals surface area contributed by atoms with Crippen LogP contribution in [0.5, 0.6) is 0 Å². The van der Waals surface area contributed by atoms with Gasteiger partial charge in [-0.15, -0.1) is 0 Å². The normalized spacial score (nSPS) is 12.0. The Labute approximate surface area is 132 Å². The summed E-state index contributed by atoms with van der Waals surface area (Å²) in [6.07, 6.45) is 1.98. The van der Waals surface area contributed by atoms with E-state index in [1.165, 1.54) is 25.3 Å². The molecule has 0 saturated heterocycles. The van der Waals surface area contributed by atoms with Crippen LogP contribution in [0.15, 0.2) is 30.5 Å². The maximum Gasteiger partial charge on any atom is 0.308 e. The molecule has 0 radical (unpaired) electrons. The number of carbonyl (C=O) groups excluding carboxylic acids is 1. The van der Waals surface area contributed by atoms with E-state index in [1.54, 1.807) is 16.8 Å². The Balaban J connectivity index is 2.22. The molecule has 1 heterocycles. The second-order valence-electron chi connectivity index (χ2n) is 5.20. The van der Waals surface area contributed by atoms with Crippen LogP contribution in [0.3, 0.4) is 0 Å². The second kappa shape index (κ2) is 7.04. The molecule has 23 heavy (non-hydrogen) atoms. The SMILES string of the molecule is CCc1c(C(=O)NCC(C)C(=O)O)cnn1-c1ccc(F)cc1. The van der Waals surface area contributed by atoms with Gasteiger partial charge in [0.2, 0.25) is 0 Å². The minimum absolute atomic E-state index is 0.0407. The van der Waals surface area contributed by atoms with Crippen LogP contribution >= 0.6 is 0 Å². The van der Waals surface area contributed by atoms with E-state index >= 15 is 0 Å². The number of nitrogens with one attached hydrogen (secondary N) is 1. The van der Waals surface area contributed by atoms with Crippen molar-refractivity contribution < 1.29 is 19.1 Å². The van der Waals surface area contributed by atoms with E-state index in [0.717, 1.165) is 0 Å². The number of amides is 1. The van der Waals surface area contributed by atoms with Crippen molar-refractivity contribution in [1.29, 1.82) is 0 Å². The van der Waals surface area contributed by atoms with E-state index in [0.29, 0.717) is 23.4 Å². The molecular weight excluding hydrogens is 301 g/mol. The van der Waals surface area contributed by atoms with Crippen LogP contribution in [0.2, 0.25) is 0 Å². The number of carboxylic acids is 1. The van der Waals surface area contributed by atoms with Crippen molar-refractivity contribution in [1.82, 2.24) is 15.1 Å². The van der Waals surface area contributed by atoms with Crippen molar-refractivity contribution in [3.8, 4) is 5.69 Å². The van der Waals surface area contributed by atoms with Gasteiger partial charge in [-0.05, 0) is 30.7 Å². The quantitative estimate of drug-likeness (QED) is 0.853. The van der Waals surface area contributed by atoms with Crippen molar-refractivity contribution in [2.24, 2.45) is 5.92 Å². The molecule has 0 saturated carbocycles. The third kappa shape index (κ3) is 3.74. The summed E-state index contributed by atoms with van der Waals surface area (Å²) >= 11 is 0. The Morgan fingerprint density at radius 1 is 1.35 bits per heavy atom. The predicted octanol–water partition coefficient (Wildman–Crippen LogP) is 2.02. The monoisotopic (exact) mass is 319 g/mol. The van der Waals surface area contributed by atoms with Gasteiger partial charge in [0.05, 0.1) is 29.1 Å². The standard InChI is InChI=1S/C16H18FN3O3/c1-3-14-13(15(21)18-8-10(2)16(22)23)9-19-20(14)12-6-4-11(17)5-7-12/h4-7,9-10H,3,8H2,1-2H3,(H,18,21)(H,22,23). The predicted molar refractivity (Wildman–Crippen MR) is 82.0 cm³/mol. The molecule has 1 atom stereocenters. The van der Waals surface area contributed by atoms with Crippen molar-refractivity contribution in [3.05, 3.63) is 47.5 Å². The molecule has 2 N–H and O–H groups in total. The molecule has 2 aromatic rings. The zero-order valence-corrected chi connectivity index (χ0v) is 12.9. The van der Waals surface area contributed by atoms with E-state index in [-0.39, 0.29) is 18.3 Å². The van der Waals surface area contributed by atoms with Gasteiger partial charge in [-0.1, -0.05) is 13.8 Å². The highest BCUT2D eigenvalue weighted by atomic mass is 19.1. The number of carboxylic acid groups (broad SMARTS) is 1. The molecule has 1 unspecified atom stereocenters. The number of hydrogen-bond acceptors (Lipinski definition) is 3. The number of halogens is 1. The molecular formula is C16H18FN3O3. The number of aromatic nitrogens is 2. The first kappa shape index (κ1) is 16.7. The molecule has 0 bridgehead atoms. The number of rotatable bonds is 6. The van der Waals surface area contributed by atoms with Crippen molar-refractivity contribution in [2.75, 3.05) is 6.54 Å². The molecule has 0 aliphatic rings. The Hall–Kier alpha value is -2.70. The van der Waals surface area contributed by atoms with Crippen molar-refractivity contribution in [2.45, 2.75) is 20.3 Å². The highest BCUT2D eigenvalue weighted by Crippen LogP contribution is 2.16. The molecule has 6 nitrogen and oxygen atoms in total. The van der Waals surface area contributed by atoms with Crippen LogP contribution in [-0.2, 0) is 11.2 Å². The molecule has 1 aromatic heterocycles. The summed E-state index contributed by atoms with van der Waals surface area (Å²) in [4.78, 5) is 23.0. The van der Waals surface area contributed by atoms with E-state index in [4.69, 9.17) is 5.11 Å². The Morgan fingerprint density at radius 2 is 2.00 bits per heavy atom. The maximum absolute atomic E-state index is 13.0. The summed E-state index contributed by atoms with van der Waals surface area (Å²) in [5.74, 6) is -2.36. The van der Waals surface area contributed by atoms with Crippen LogP contribution in [0.4, 0.5) is 4.39 Å². The minimum Gasteiger partial charge on any atom is -0.481 e. The Bertz CT molecular complexity index is 710. The first-order valence-electron chi connectivity index (χ1n) is 7.27. The lowest BCUT2D eigenvalue weighted by Gasteiger charge is -2.10. The van der Waals surface area contributed by atoms with Crippen molar-refractivity contribution in [3.63, 3.8) is 0 Å². The fourth-order valence-electron chi connectivity index (χ4n) is 2.14. The lowest BCUT2D eigenvalue weighted by atomic mass is 10.1. The first-order chi connectivity index (χ1) is 10.9. The lowest BCUT2D eigenvalue weighted by Crippen LogP contribution is -2.31. The lowest BCUT2D eigenvalue weighted by molar-refractivity contribution is -0.140. The summed E-state index contributed by atoms with van der Waals surface area (Å²) < 4.78 is 14.6. The third-order valence-corrected chi connectivity index (χ3v) is 3.51. The first-order valence-corrected chi connectivity index (χ1v) is 7.27. The topological polar surface area (TPSA) is 84.2 Å².